The topological polar surface area (TPSA) is 97.8 Å². The lowest BCUT2D eigenvalue weighted by Crippen LogP contribution is -2.39. The number of methoxy groups -OCH3 is 1. The molecule has 1 aromatic rings. The predicted octanol–water partition coefficient (Wildman–Crippen LogP) is 2.23. The number of nitrogens with one attached hydrogen (secondary N) is 1. The van der Waals surface area contributed by atoms with Gasteiger partial charge in [-0.3, -0.25) is 4.79 Å². The van der Waals surface area contributed by atoms with Gasteiger partial charge in [-0.05, 0) is 48.8 Å². The number of carbonyl (C=O) groups excluding carboxylic acids is 3. The zero-order chi connectivity index (χ0) is 19.2. The fourth-order valence-electron chi connectivity index (χ4n) is 1.67. The molecule has 9 heteroatoms. The molecule has 0 bridgehead atoms. The summed E-state index contributed by atoms with van der Waals surface area (Å²) in [6.07, 6.45) is -0.475. The summed E-state index contributed by atoms with van der Waals surface area (Å²) < 4.78 is 10.3. The zero-order valence-corrected chi connectivity index (χ0v) is 16.5. The van der Waals surface area contributed by atoms with Crippen LogP contribution in [0.2, 0.25) is 0 Å². The zero-order valence-electron chi connectivity index (χ0n) is 14.9. The summed E-state index contributed by atoms with van der Waals surface area (Å²) in [5.41, 5.74) is -0.496. The van der Waals surface area contributed by atoms with E-state index in [9.17, 15) is 14.4 Å². The Hall–Kier alpha value is -2.16. The first-order valence-corrected chi connectivity index (χ1v) is 8.31. The highest BCUT2D eigenvalue weighted by Crippen LogP contribution is 2.16. The number of hydrogen-bond donors (Lipinski definition) is 1. The van der Waals surface area contributed by atoms with Crippen LogP contribution < -0.4 is 5.32 Å². The van der Waals surface area contributed by atoms with Crippen molar-refractivity contribution in [3.05, 3.63) is 28.0 Å². The molecule has 0 saturated heterocycles. The van der Waals surface area contributed by atoms with Gasteiger partial charge in [0.15, 0.2) is 5.69 Å². The lowest BCUT2D eigenvalue weighted by molar-refractivity contribution is 0.0298. The average Bonchev–Trinajstić information content (AvgIpc) is 2.52. The second-order valence-electron chi connectivity index (χ2n) is 6.18. The number of pyridine rings is 1. The van der Waals surface area contributed by atoms with Crippen LogP contribution in [-0.2, 0) is 9.47 Å². The summed E-state index contributed by atoms with van der Waals surface area (Å²) >= 11 is 3.18. The van der Waals surface area contributed by atoms with Crippen LogP contribution in [0.4, 0.5) is 4.79 Å². The summed E-state index contributed by atoms with van der Waals surface area (Å²) in [7, 11) is 2.81. The number of amides is 2. The summed E-state index contributed by atoms with van der Waals surface area (Å²) in [5, 5.41) is 2.63. The van der Waals surface area contributed by atoms with Gasteiger partial charge in [-0.25, -0.2) is 14.6 Å². The van der Waals surface area contributed by atoms with Gasteiger partial charge >= 0.3 is 12.1 Å². The minimum atomic E-state index is -0.647. The second kappa shape index (κ2) is 8.80. The molecule has 0 atom stereocenters. The molecule has 25 heavy (non-hydrogen) atoms. The molecule has 0 radical (unpaired) electrons. The van der Waals surface area contributed by atoms with Crippen molar-refractivity contribution in [2.24, 2.45) is 0 Å². The van der Waals surface area contributed by atoms with Crippen molar-refractivity contribution >= 4 is 33.9 Å². The highest BCUT2D eigenvalue weighted by molar-refractivity contribution is 9.10. The Morgan fingerprint density at radius 2 is 1.92 bits per heavy atom. The molecule has 2 amide bonds. The summed E-state index contributed by atoms with van der Waals surface area (Å²) in [6, 6.07) is 3.02. The highest BCUT2D eigenvalue weighted by atomic mass is 79.9. The third kappa shape index (κ3) is 6.69. The second-order valence-corrected chi connectivity index (χ2v) is 7.03. The van der Waals surface area contributed by atoms with Crippen LogP contribution in [0.1, 0.15) is 41.7 Å². The van der Waals surface area contributed by atoms with Crippen LogP contribution in [0.15, 0.2) is 16.6 Å². The monoisotopic (exact) mass is 415 g/mol. The number of halogens is 1. The van der Waals surface area contributed by atoms with Crippen LogP contribution in [0.25, 0.3) is 0 Å². The Bertz CT molecular complexity index is 658. The number of hydrogen-bond acceptors (Lipinski definition) is 6. The Kier molecular flexibility index (Phi) is 7.35. The maximum Gasteiger partial charge on any atom is 0.410 e. The minimum absolute atomic E-state index is 0.0148. The highest BCUT2D eigenvalue weighted by Gasteiger charge is 2.20. The Balaban J connectivity index is 2.60. The average molecular weight is 416 g/mol. The summed E-state index contributed by atoms with van der Waals surface area (Å²) in [6.45, 7) is 5.80. The number of carbonyl (C=O) groups is 3. The maximum atomic E-state index is 12.1. The molecule has 0 aliphatic heterocycles. The first-order chi connectivity index (χ1) is 11.5. The molecule has 1 rings (SSSR count). The smallest absolute Gasteiger partial charge is 0.410 e. The number of rotatable bonds is 5. The van der Waals surface area contributed by atoms with Crippen LogP contribution in [0, 0.1) is 0 Å². The maximum absolute atomic E-state index is 12.1. The van der Waals surface area contributed by atoms with E-state index in [-0.39, 0.29) is 24.5 Å². The van der Waals surface area contributed by atoms with Gasteiger partial charge in [-0.15, -0.1) is 0 Å². The fourth-order valence-corrected chi connectivity index (χ4v) is 2.05. The molecule has 0 saturated carbocycles. The molecule has 0 aliphatic carbocycles. The van der Waals surface area contributed by atoms with Crippen molar-refractivity contribution in [2.75, 3.05) is 27.2 Å². The molecule has 1 N–H and O–H groups in total. The molecular weight excluding hydrogens is 394 g/mol. The van der Waals surface area contributed by atoms with E-state index in [0.717, 1.165) is 0 Å². The van der Waals surface area contributed by atoms with Crippen molar-refractivity contribution in [1.82, 2.24) is 15.2 Å². The predicted molar refractivity (Wildman–Crippen MR) is 94.5 cm³/mol. The van der Waals surface area contributed by atoms with Crippen LogP contribution in [0.5, 0.6) is 0 Å². The van der Waals surface area contributed by atoms with E-state index in [1.807, 2.05) is 0 Å². The van der Waals surface area contributed by atoms with Gasteiger partial charge in [0.1, 0.15) is 11.3 Å². The molecule has 0 unspecified atom stereocenters. The molecule has 138 valence electrons. The van der Waals surface area contributed by atoms with E-state index in [1.54, 1.807) is 33.9 Å². The fraction of sp³-hybridized carbons (Fsp3) is 0.500. The lowest BCUT2D eigenvalue weighted by Gasteiger charge is -2.24. The van der Waals surface area contributed by atoms with Gasteiger partial charge in [0.2, 0.25) is 0 Å². The summed E-state index contributed by atoms with van der Waals surface area (Å²) in [5.74, 6) is -1.11. The SMILES string of the molecule is COC(=O)c1nc(C(=O)NCCN(C)C(=O)OC(C)(C)C)ccc1Br. The first-order valence-electron chi connectivity index (χ1n) is 7.52. The van der Waals surface area contributed by atoms with E-state index in [2.05, 4.69) is 31.0 Å². The molecule has 0 aliphatic rings. The molecule has 0 fully saturated rings. The standard InChI is InChI=1S/C16H22BrN3O5/c1-16(2,3)25-15(23)20(4)9-8-18-13(21)11-7-6-10(17)12(19-11)14(22)24-5/h6-7H,8-9H2,1-5H3,(H,18,21). The van der Waals surface area contributed by atoms with E-state index in [4.69, 9.17) is 4.74 Å². The van der Waals surface area contributed by atoms with Gasteiger partial charge in [-0.1, -0.05) is 0 Å². The number of esters is 1. The van der Waals surface area contributed by atoms with Crippen LogP contribution >= 0.6 is 15.9 Å². The quantitative estimate of drug-likeness (QED) is 0.740. The number of likely N-dealkylation sites (N-methyl/N-ethyl adjacent to an activating group) is 1. The van der Waals surface area contributed by atoms with Crippen molar-refractivity contribution < 1.29 is 23.9 Å². The van der Waals surface area contributed by atoms with Gasteiger partial charge in [0.25, 0.3) is 5.91 Å². The van der Waals surface area contributed by atoms with Crippen molar-refractivity contribution in [3.63, 3.8) is 0 Å². The molecule has 1 heterocycles. The lowest BCUT2D eigenvalue weighted by atomic mass is 10.2. The van der Waals surface area contributed by atoms with E-state index in [1.165, 1.54) is 18.1 Å². The molecular formula is C16H22BrN3O5. The van der Waals surface area contributed by atoms with E-state index < -0.39 is 23.6 Å². The Morgan fingerprint density at radius 1 is 1.28 bits per heavy atom. The van der Waals surface area contributed by atoms with Gasteiger partial charge in [-0.2, -0.15) is 0 Å². The van der Waals surface area contributed by atoms with Gasteiger partial charge in [0, 0.05) is 20.1 Å². The van der Waals surface area contributed by atoms with Crippen LogP contribution in [-0.4, -0.2) is 60.7 Å². The summed E-state index contributed by atoms with van der Waals surface area (Å²) in [4.78, 5) is 40.9. The van der Waals surface area contributed by atoms with Crippen molar-refractivity contribution in [3.8, 4) is 0 Å². The molecule has 0 aromatic carbocycles. The Morgan fingerprint density at radius 3 is 2.48 bits per heavy atom. The third-order valence-electron chi connectivity index (χ3n) is 2.90. The third-order valence-corrected chi connectivity index (χ3v) is 3.54. The number of aromatic nitrogens is 1. The van der Waals surface area contributed by atoms with Crippen LogP contribution in [0.3, 0.4) is 0 Å². The van der Waals surface area contributed by atoms with Crippen molar-refractivity contribution in [2.45, 2.75) is 26.4 Å². The first kappa shape index (κ1) is 20.9. The molecule has 1 aromatic heterocycles. The largest absolute Gasteiger partial charge is 0.464 e. The normalized spacial score (nSPS) is 10.8. The van der Waals surface area contributed by atoms with Gasteiger partial charge < -0.3 is 19.7 Å². The number of nitrogens with zero attached hydrogens (tertiary/aromatic N) is 2. The Labute approximate surface area is 155 Å². The van der Waals surface area contributed by atoms with E-state index >= 15 is 0 Å². The van der Waals surface area contributed by atoms with E-state index in [0.29, 0.717) is 4.47 Å². The van der Waals surface area contributed by atoms with Gasteiger partial charge in [0.05, 0.1) is 11.6 Å². The van der Waals surface area contributed by atoms with Crippen molar-refractivity contribution in [1.29, 1.82) is 0 Å². The molecule has 0 spiro atoms. The molecule has 8 nitrogen and oxygen atoms in total. The number of ether oxygens (including phenoxy) is 2. The minimum Gasteiger partial charge on any atom is -0.464 e.